The lowest BCUT2D eigenvalue weighted by Gasteiger charge is -2.15. The van der Waals surface area contributed by atoms with Crippen LogP contribution < -0.4 is 10.2 Å². The van der Waals surface area contributed by atoms with Gasteiger partial charge in [-0.25, -0.2) is 9.69 Å². The van der Waals surface area contributed by atoms with Crippen LogP contribution in [0.25, 0.3) is 0 Å². The summed E-state index contributed by atoms with van der Waals surface area (Å²) in [7, 11) is 0. The number of fused-ring (bicyclic) bond motifs is 1. The van der Waals surface area contributed by atoms with Crippen molar-refractivity contribution in [2.45, 2.75) is 0 Å². The molecular weight excluding hydrogens is 372 g/mol. The number of carbonyl (C=O) groups excluding carboxylic acids is 3. The second-order valence-corrected chi connectivity index (χ2v) is 6.38. The van der Waals surface area contributed by atoms with Crippen molar-refractivity contribution >= 4 is 35.1 Å². The number of benzene rings is 3. The number of amides is 3. The van der Waals surface area contributed by atoms with Crippen molar-refractivity contribution in [3.8, 4) is 0 Å². The summed E-state index contributed by atoms with van der Waals surface area (Å²) >= 11 is 0. The SMILES string of the molecule is O=C(O)c1ccc(NC(=O)c2cccc(N3C(=O)c4ccccc4C3=O)c2)cc1. The van der Waals surface area contributed by atoms with E-state index in [4.69, 9.17) is 5.11 Å². The van der Waals surface area contributed by atoms with E-state index in [-0.39, 0.29) is 11.1 Å². The lowest BCUT2D eigenvalue weighted by molar-refractivity contribution is 0.0696. The van der Waals surface area contributed by atoms with Crippen molar-refractivity contribution in [1.82, 2.24) is 0 Å². The van der Waals surface area contributed by atoms with E-state index in [0.29, 0.717) is 22.5 Å². The molecule has 3 aromatic rings. The number of carbonyl (C=O) groups is 4. The second-order valence-electron chi connectivity index (χ2n) is 6.38. The molecule has 0 fully saturated rings. The minimum Gasteiger partial charge on any atom is -0.478 e. The van der Waals surface area contributed by atoms with Crippen LogP contribution in [0.2, 0.25) is 0 Å². The van der Waals surface area contributed by atoms with Crippen LogP contribution in [0.4, 0.5) is 11.4 Å². The molecule has 0 aliphatic carbocycles. The Balaban J connectivity index is 1.58. The molecule has 0 radical (unpaired) electrons. The maximum Gasteiger partial charge on any atom is 0.335 e. The Kier molecular flexibility index (Phi) is 4.40. The maximum absolute atomic E-state index is 12.6. The lowest BCUT2D eigenvalue weighted by Crippen LogP contribution is -2.29. The van der Waals surface area contributed by atoms with Gasteiger partial charge in [-0.05, 0) is 54.6 Å². The number of nitrogens with one attached hydrogen (secondary N) is 1. The monoisotopic (exact) mass is 386 g/mol. The normalized spacial score (nSPS) is 12.6. The number of nitrogens with zero attached hydrogens (tertiary/aromatic N) is 1. The molecule has 0 aromatic heterocycles. The average molecular weight is 386 g/mol. The largest absolute Gasteiger partial charge is 0.478 e. The van der Waals surface area contributed by atoms with Gasteiger partial charge in [-0.3, -0.25) is 14.4 Å². The maximum atomic E-state index is 12.6. The molecule has 0 spiro atoms. The third-order valence-electron chi connectivity index (χ3n) is 4.55. The molecule has 3 amide bonds. The fourth-order valence-corrected chi connectivity index (χ4v) is 3.11. The summed E-state index contributed by atoms with van der Waals surface area (Å²) in [5.41, 5.74) is 1.73. The first kappa shape index (κ1) is 18.1. The zero-order valence-electron chi connectivity index (χ0n) is 15.0. The van der Waals surface area contributed by atoms with Gasteiger partial charge in [0.15, 0.2) is 0 Å². The van der Waals surface area contributed by atoms with E-state index in [1.165, 1.54) is 30.3 Å². The van der Waals surface area contributed by atoms with Crippen molar-refractivity contribution < 1.29 is 24.3 Å². The van der Waals surface area contributed by atoms with Gasteiger partial charge in [0.2, 0.25) is 0 Å². The zero-order valence-corrected chi connectivity index (χ0v) is 15.0. The van der Waals surface area contributed by atoms with Crippen LogP contribution in [0.5, 0.6) is 0 Å². The van der Waals surface area contributed by atoms with E-state index in [0.717, 1.165) is 4.90 Å². The minimum absolute atomic E-state index is 0.107. The molecule has 0 atom stereocenters. The summed E-state index contributed by atoms with van der Waals surface area (Å²) in [6.07, 6.45) is 0. The molecule has 7 heteroatoms. The van der Waals surface area contributed by atoms with Crippen molar-refractivity contribution in [3.05, 3.63) is 95.1 Å². The lowest BCUT2D eigenvalue weighted by atomic mass is 10.1. The van der Waals surface area contributed by atoms with Crippen LogP contribution in [0.3, 0.4) is 0 Å². The molecule has 1 aliphatic rings. The molecule has 1 heterocycles. The second kappa shape index (κ2) is 7.05. The average Bonchev–Trinajstić information content (AvgIpc) is 2.99. The Bertz CT molecular complexity index is 1130. The number of hydrogen-bond donors (Lipinski definition) is 2. The summed E-state index contributed by atoms with van der Waals surface area (Å²) in [5.74, 6) is -2.39. The smallest absolute Gasteiger partial charge is 0.335 e. The molecule has 2 N–H and O–H groups in total. The van der Waals surface area contributed by atoms with Crippen molar-refractivity contribution in [3.63, 3.8) is 0 Å². The fourth-order valence-electron chi connectivity index (χ4n) is 3.11. The topological polar surface area (TPSA) is 104 Å². The highest BCUT2D eigenvalue weighted by molar-refractivity contribution is 6.34. The molecule has 0 saturated heterocycles. The Hall–Kier alpha value is -4.26. The Labute approximate surface area is 165 Å². The number of carboxylic acid groups (broad SMARTS) is 1. The van der Waals surface area contributed by atoms with Gasteiger partial charge in [0.05, 0.1) is 22.4 Å². The highest BCUT2D eigenvalue weighted by Crippen LogP contribution is 2.28. The quantitative estimate of drug-likeness (QED) is 0.669. The number of aromatic carboxylic acids is 1. The van der Waals surface area contributed by atoms with E-state index >= 15 is 0 Å². The molecule has 0 saturated carbocycles. The van der Waals surface area contributed by atoms with Crippen molar-refractivity contribution in [2.24, 2.45) is 0 Å². The number of carboxylic acids is 1. The van der Waals surface area contributed by atoms with Gasteiger partial charge < -0.3 is 10.4 Å². The highest BCUT2D eigenvalue weighted by Gasteiger charge is 2.36. The predicted octanol–water partition coefficient (Wildman–Crippen LogP) is 3.44. The van der Waals surface area contributed by atoms with E-state index < -0.39 is 23.7 Å². The van der Waals surface area contributed by atoms with Gasteiger partial charge in [0, 0.05) is 11.3 Å². The molecule has 142 valence electrons. The Morgan fingerprint density at radius 3 is 1.97 bits per heavy atom. The Morgan fingerprint density at radius 2 is 1.38 bits per heavy atom. The van der Waals surface area contributed by atoms with Crippen LogP contribution in [-0.4, -0.2) is 28.8 Å². The van der Waals surface area contributed by atoms with Crippen LogP contribution in [0.1, 0.15) is 41.4 Å². The first-order valence-corrected chi connectivity index (χ1v) is 8.68. The van der Waals surface area contributed by atoms with Gasteiger partial charge in [-0.15, -0.1) is 0 Å². The molecule has 0 unspecified atom stereocenters. The Morgan fingerprint density at radius 1 is 0.759 bits per heavy atom. The summed E-state index contributed by atoms with van der Waals surface area (Å²) < 4.78 is 0. The highest BCUT2D eigenvalue weighted by atomic mass is 16.4. The number of rotatable bonds is 4. The van der Waals surface area contributed by atoms with Crippen LogP contribution in [0.15, 0.2) is 72.8 Å². The fraction of sp³-hybridized carbons (Fsp3) is 0. The van der Waals surface area contributed by atoms with E-state index in [2.05, 4.69) is 5.32 Å². The van der Waals surface area contributed by atoms with Gasteiger partial charge in [0.1, 0.15) is 0 Å². The molecule has 0 bridgehead atoms. The molecule has 3 aromatic carbocycles. The first-order chi connectivity index (χ1) is 14.0. The third kappa shape index (κ3) is 3.25. The van der Waals surface area contributed by atoms with Crippen molar-refractivity contribution in [1.29, 1.82) is 0 Å². The molecule has 4 rings (SSSR count). The number of imide groups is 1. The summed E-state index contributed by atoms with van der Waals surface area (Å²) in [5, 5.41) is 11.6. The van der Waals surface area contributed by atoms with Gasteiger partial charge in [-0.2, -0.15) is 0 Å². The summed E-state index contributed by atoms with van der Waals surface area (Å²) in [4.78, 5) is 49.8. The molecule has 7 nitrogen and oxygen atoms in total. The van der Waals surface area contributed by atoms with Crippen molar-refractivity contribution in [2.75, 3.05) is 10.2 Å². The number of anilines is 2. The first-order valence-electron chi connectivity index (χ1n) is 8.68. The van der Waals surface area contributed by atoms with Gasteiger partial charge in [-0.1, -0.05) is 18.2 Å². The minimum atomic E-state index is -1.06. The molecular formula is C22H14N2O5. The van der Waals surface area contributed by atoms with E-state index in [9.17, 15) is 19.2 Å². The third-order valence-corrected chi connectivity index (χ3v) is 4.55. The number of hydrogen-bond acceptors (Lipinski definition) is 4. The standard InChI is InChI=1S/C22H14N2O5/c25-19(23-15-10-8-13(9-11-15)22(28)29)14-4-3-5-16(12-14)24-20(26)17-6-1-2-7-18(17)21(24)27/h1-12H,(H,23,25)(H,28,29). The van der Waals surface area contributed by atoms with Gasteiger partial charge >= 0.3 is 5.97 Å². The van der Waals surface area contributed by atoms with E-state index in [1.54, 1.807) is 42.5 Å². The van der Waals surface area contributed by atoms with E-state index in [1.807, 2.05) is 0 Å². The zero-order chi connectivity index (χ0) is 20.5. The van der Waals surface area contributed by atoms with Crippen LogP contribution >= 0.6 is 0 Å². The van der Waals surface area contributed by atoms with Crippen LogP contribution in [0, 0.1) is 0 Å². The van der Waals surface area contributed by atoms with Crippen LogP contribution in [-0.2, 0) is 0 Å². The predicted molar refractivity (Wildman–Crippen MR) is 105 cm³/mol. The van der Waals surface area contributed by atoms with Gasteiger partial charge in [0.25, 0.3) is 17.7 Å². The summed E-state index contributed by atoms with van der Waals surface area (Å²) in [6.45, 7) is 0. The molecule has 1 aliphatic heterocycles. The summed E-state index contributed by atoms with van der Waals surface area (Å²) in [6, 6.07) is 18.5. The molecule has 29 heavy (non-hydrogen) atoms.